The highest BCUT2D eigenvalue weighted by atomic mass is 35.5. The fraction of sp³-hybridized carbons (Fsp3) is 0.114. The summed E-state index contributed by atoms with van der Waals surface area (Å²) >= 11 is 7.32. The highest BCUT2D eigenvalue weighted by Gasteiger charge is 2.46. The topological polar surface area (TPSA) is 54.5 Å². The van der Waals surface area contributed by atoms with Gasteiger partial charge in [0.2, 0.25) is 5.96 Å². The molecule has 6 aromatic rings. The monoisotopic (exact) mass is 581 g/mol. The molecule has 0 N–H and O–H groups in total. The maximum atomic E-state index is 7.32. The molecule has 0 spiro atoms. The average Bonchev–Trinajstić information content (AvgIpc) is 3.66. The number of hydrogen-bond acceptors (Lipinski definition) is 5. The first kappa shape index (κ1) is 25.6. The molecule has 2 aliphatic rings. The zero-order valence-corrected chi connectivity index (χ0v) is 24.5. The van der Waals surface area contributed by atoms with Crippen molar-refractivity contribution in [3.63, 3.8) is 0 Å². The molecular formula is C35H28ClN7. The molecule has 43 heavy (non-hydrogen) atoms. The van der Waals surface area contributed by atoms with Crippen molar-refractivity contribution in [3.05, 3.63) is 148 Å². The number of guanidine groups is 1. The lowest BCUT2D eigenvalue weighted by Gasteiger charge is -2.35. The van der Waals surface area contributed by atoms with Gasteiger partial charge in [-0.3, -0.25) is 4.90 Å². The third-order valence-electron chi connectivity index (χ3n) is 8.21. The molecule has 1 atom stereocenters. The lowest BCUT2D eigenvalue weighted by atomic mass is 9.95. The predicted molar refractivity (Wildman–Crippen MR) is 172 cm³/mol. The van der Waals surface area contributed by atoms with Crippen LogP contribution in [-0.2, 0) is 6.54 Å². The summed E-state index contributed by atoms with van der Waals surface area (Å²) in [6.07, 6.45) is 0. The molecule has 4 aromatic carbocycles. The zero-order chi connectivity index (χ0) is 29.1. The largest absolute Gasteiger partial charge is 0.305 e. The molecule has 0 fully saturated rings. The third kappa shape index (κ3) is 4.00. The minimum Gasteiger partial charge on any atom is -0.305 e. The molecule has 210 valence electrons. The van der Waals surface area contributed by atoms with Gasteiger partial charge in [0.15, 0.2) is 5.82 Å². The molecule has 0 radical (unpaired) electrons. The second kappa shape index (κ2) is 10.00. The molecular weight excluding hydrogens is 554 g/mol. The molecule has 0 bridgehead atoms. The Morgan fingerprint density at radius 3 is 1.84 bits per heavy atom. The molecule has 0 saturated heterocycles. The molecule has 0 aliphatic carbocycles. The molecule has 8 heteroatoms. The number of benzene rings is 4. The van der Waals surface area contributed by atoms with Crippen LogP contribution in [0.25, 0.3) is 11.4 Å². The van der Waals surface area contributed by atoms with E-state index in [4.69, 9.17) is 26.8 Å². The van der Waals surface area contributed by atoms with Crippen molar-refractivity contribution in [2.24, 2.45) is 4.99 Å². The Morgan fingerprint density at radius 2 is 1.16 bits per heavy atom. The van der Waals surface area contributed by atoms with Crippen LogP contribution in [0, 0.1) is 13.8 Å². The van der Waals surface area contributed by atoms with Gasteiger partial charge in [-0.15, -0.1) is 0 Å². The van der Waals surface area contributed by atoms with Crippen LogP contribution in [-0.4, -0.2) is 25.5 Å². The zero-order valence-electron chi connectivity index (χ0n) is 23.8. The minimum atomic E-state index is -0.299. The van der Waals surface area contributed by atoms with Crippen LogP contribution >= 0.6 is 11.6 Å². The first-order valence-corrected chi connectivity index (χ1v) is 14.7. The van der Waals surface area contributed by atoms with Crippen LogP contribution in [0.15, 0.2) is 120 Å². The highest BCUT2D eigenvalue weighted by Crippen LogP contribution is 2.52. The van der Waals surface area contributed by atoms with Gasteiger partial charge in [-0.2, -0.15) is 15.2 Å². The number of halogens is 1. The van der Waals surface area contributed by atoms with E-state index in [1.165, 1.54) is 5.56 Å². The van der Waals surface area contributed by atoms with Gasteiger partial charge in [0.05, 0.1) is 46.7 Å². The Balaban J connectivity index is 1.40. The number of nitrogens with zero attached hydrogens (tertiary/aromatic N) is 7. The smallest absolute Gasteiger partial charge is 0.213 e. The SMILES string of the molecule is Cc1nn(-c2ccccc2)c(Cl)c1C1c2c(C)nn(-c3ccccc3)c2N=C2N(Cc3ccccc3)c3ccccc3N21. The number of fused-ring (bicyclic) bond motifs is 4. The number of aryl methyl sites for hydroxylation is 2. The minimum absolute atomic E-state index is 0.299. The Labute approximate surface area is 254 Å². The Kier molecular flexibility index (Phi) is 5.94. The van der Waals surface area contributed by atoms with Gasteiger partial charge in [-0.1, -0.05) is 90.5 Å². The normalized spacial score (nSPS) is 15.2. The summed E-state index contributed by atoms with van der Waals surface area (Å²) in [7, 11) is 0. The molecule has 7 nitrogen and oxygen atoms in total. The van der Waals surface area contributed by atoms with Crippen LogP contribution in [0.4, 0.5) is 17.2 Å². The maximum absolute atomic E-state index is 7.32. The number of aliphatic imine (C=N–C) groups is 1. The van der Waals surface area contributed by atoms with Gasteiger partial charge in [0, 0.05) is 11.1 Å². The van der Waals surface area contributed by atoms with Crippen LogP contribution in [0.3, 0.4) is 0 Å². The van der Waals surface area contributed by atoms with E-state index in [2.05, 4.69) is 77.4 Å². The van der Waals surface area contributed by atoms with E-state index in [0.717, 1.165) is 57.0 Å². The summed E-state index contributed by atoms with van der Waals surface area (Å²) in [6.45, 7) is 4.76. The van der Waals surface area contributed by atoms with Crippen molar-refractivity contribution in [1.82, 2.24) is 19.6 Å². The first-order chi connectivity index (χ1) is 21.1. The third-order valence-corrected chi connectivity index (χ3v) is 8.58. The molecule has 2 aliphatic heterocycles. The van der Waals surface area contributed by atoms with E-state index >= 15 is 0 Å². The van der Waals surface area contributed by atoms with E-state index in [-0.39, 0.29) is 6.04 Å². The summed E-state index contributed by atoms with van der Waals surface area (Å²) in [5.74, 6) is 1.64. The fourth-order valence-electron chi connectivity index (χ4n) is 6.30. The number of para-hydroxylation sites is 4. The summed E-state index contributed by atoms with van der Waals surface area (Å²) in [4.78, 5) is 10.0. The Morgan fingerprint density at radius 1 is 0.628 bits per heavy atom. The van der Waals surface area contributed by atoms with Gasteiger partial charge in [-0.05, 0) is 55.8 Å². The second-order valence-corrected chi connectivity index (χ2v) is 11.2. The summed E-state index contributed by atoms with van der Waals surface area (Å²) < 4.78 is 3.79. The van der Waals surface area contributed by atoms with Crippen molar-refractivity contribution in [3.8, 4) is 11.4 Å². The van der Waals surface area contributed by atoms with E-state index in [1.54, 1.807) is 0 Å². The van der Waals surface area contributed by atoms with Crippen LogP contribution < -0.4 is 9.80 Å². The van der Waals surface area contributed by atoms with Gasteiger partial charge in [0.1, 0.15) is 5.15 Å². The molecule has 1 unspecified atom stereocenters. The van der Waals surface area contributed by atoms with Crippen LogP contribution in [0.2, 0.25) is 5.15 Å². The maximum Gasteiger partial charge on any atom is 0.213 e. The molecule has 0 amide bonds. The van der Waals surface area contributed by atoms with Crippen molar-refractivity contribution >= 4 is 34.8 Å². The van der Waals surface area contributed by atoms with E-state index in [0.29, 0.717) is 11.7 Å². The molecule has 2 aromatic heterocycles. The lowest BCUT2D eigenvalue weighted by Crippen LogP contribution is -2.43. The van der Waals surface area contributed by atoms with Gasteiger partial charge < -0.3 is 4.90 Å². The van der Waals surface area contributed by atoms with Gasteiger partial charge in [0.25, 0.3) is 0 Å². The van der Waals surface area contributed by atoms with Crippen LogP contribution in [0.1, 0.15) is 34.1 Å². The van der Waals surface area contributed by atoms with E-state index in [9.17, 15) is 0 Å². The van der Waals surface area contributed by atoms with Gasteiger partial charge >= 0.3 is 0 Å². The molecule has 0 saturated carbocycles. The van der Waals surface area contributed by atoms with Crippen molar-refractivity contribution in [1.29, 1.82) is 0 Å². The highest BCUT2D eigenvalue weighted by molar-refractivity contribution is 6.31. The summed E-state index contributed by atoms with van der Waals surface area (Å²) in [5, 5.41) is 10.6. The summed E-state index contributed by atoms with van der Waals surface area (Å²) in [6, 6.07) is 38.9. The van der Waals surface area contributed by atoms with E-state index in [1.807, 2.05) is 70.9 Å². The predicted octanol–water partition coefficient (Wildman–Crippen LogP) is 7.95. The first-order valence-electron chi connectivity index (χ1n) is 14.3. The van der Waals surface area contributed by atoms with Gasteiger partial charge in [-0.25, -0.2) is 9.36 Å². The van der Waals surface area contributed by atoms with E-state index < -0.39 is 0 Å². The standard InChI is InChI=1S/C35H28ClN7/c1-23-30(33(36)42(38-23)26-16-8-4-9-17-26)32-31-24(2)39-43(27-18-10-5-11-19-27)34(31)37-35-40(22-25-14-6-3-7-15-25)28-20-12-13-21-29(28)41(32)35/h3-21,32H,22H2,1-2H3. The molecule has 4 heterocycles. The lowest BCUT2D eigenvalue weighted by molar-refractivity contribution is 0.805. The molecule has 8 rings (SSSR count). The quantitative estimate of drug-likeness (QED) is 0.207. The number of hydrogen-bond donors (Lipinski definition) is 0. The van der Waals surface area contributed by atoms with Crippen molar-refractivity contribution in [2.45, 2.75) is 26.4 Å². The van der Waals surface area contributed by atoms with Crippen molar-refractivity contribution < 1.29 is 0 Å². The van der Waals surface area contributed by atoms with Crippen LogP contribution in [0.5, 0.6) is 0 Å². The number of aromatic nitrogens is 4. The Bertz CT molecular complexity index is 1990. The second-order valence-electron chi connectivity index (χ2n) is 10.9. The number of rotatable bonds is 5. The fourth-order valence-corrected chi connectivity index (χ4v) is 6.67. The average molecular weight is 582 g/mol. The number of anilines is 2. The van der Waals surface area contributed by atoms with Crippen molar-refractivity contribution in [2.75, 3.05) is 9.80 Å². The Hall–Kier alpha value is -5.14. The summed E-state index contributed by atoms with van der Waals surface area (Å²) in [5.41, 5.74) is 8.94.